The van der Waals surface area contributed by atoms with Crippen LogP contribution in [0.15, 0.2) is 54.6 Å². The summed E-state index contributed by atoms with van der Waals surface area (Å²) in [5.74, 6) is -1.02. The van der Waals surface area contributed by atoms with Crippen LogP contribution in [0.4, 0.5) is 8.78 Å². The number of halogens is 2. The lowest BCUT2D eigenvalue weighted by atomic mass is 9.72. The number of hydrogen-bond donors (Lipinski definition) is 0. The standard InChI is InChI=1S/C27H38F2S/c1-2-3-4-5-6-8-11-22-14-16-25(17-15-22)27(30-26(28)29)20-18-24(19-21-27)23-12-9-7-10-13-23/h7,9-10,12-13,18-22,24-26H,2-6,8,11,14-17H2,1H3. The van der Waals surface area contributed by atoms with Gasteiger partial charge in [-0.15, -0.1) is 0 Å². The van der Waals surface area contributed by atoms with Crippen LogP contribution < -0.4 is 0 Å². The summed E-state index contributed by atoms with van der Waals surface area (Å²) in [6.45, 7) is 2.26. The monoisotopic (exact) mass is 432 g/mol. The minimum absolute atomic E-state index is 0.196. The molecule has 0 spiro atoms. The first-order chi connectivity index (χ1) is 14.6. The zero-order valence-electron chi connectivity index (χ0n) is 18.4. The molecule has 0 saturated heterocycles. The molecular formula is C27H38F2S. The quantitative estimate of drug-likeness (QED) is 0.248. The summed E-state index contributed by atoms with van der Waals surface area (Å²) < 4.78 is 26.5. The second-order valence-electron chi connectivity index (χ2n) is 9.16. The van der Waals surface area contributed by atoms with E-state index in [2.05, 4.69) is 43.4 Å². The molecule has 30 heavy (non-hydrogen) atoms. The highest BCUT2D eigenvalue weighted by Crippen LogP contribution is 2.49. The largest absolute Gasteiger partial charge is 0.285 e. The summed E-state index contributed by atoms with van der Waals surface area (Å²) in [5.41, 5.74) is 1.23. The van der Waals surface area contributed by atoms with Gasteiger partial charge in [0.05, 0.1) is 4.75 Å². The van der Waals surface area contributed by atoms with Crippen LogP contribution in [0.3, 0.4) is 0 Å². The number of hydrogen-bond acceptors (Lipinski definition) is 1. The van der Waals surface area contributed by atoms with Crippen molar-refractivity contribution in [2.45, 2.75) is 94.0 Å². The van der Waals surface area contributed by atoms with Crippen molar-refractivity contribution in [1.29, 1.82) is 0 Å². The Labute approximate surface area is 186 Å². The molecule has 0 unspecified atom stereocenters. The molecule has 3 rings (SSSR count). The maximum Gasteiger partial charge on any atom is 0.285 e. The molecule has 0 N–H and O–H groups in total. The molecule has 1 aromatic rings. The zero-order chi connectivity index (χ0) is 21.2. The maximum absolute atomic E-state index is 13.5. The van der Waals surface area contributed by atoms with Gasteiger partial charge in [0.15, 0.2) is 0 Å². The number of allylic oxidation sites excluding steroid dienone is 2. The van der Waals surface area contributed by atoms with Gasteiger partial charge >= 0.3 is 0 Å². The van der Waals surface area contributed by atoms with Crippen molar-refractivity contribution in [3.05, 3.63) is 60.2 Å². The van der Waals surface area contributed by atoms with Crippen LogP contribution >= 0.6 is 11.8 Å². The van der Waals surface area contributed by atoms with Crippen molar-refractivity contribution >= 4 is 11.8 Å². The van der Waals surface area contributed by atoms with E-state index in [1.807, 2.05) is 18.2 Å². The first-order valence-electron chi connectivity index (χ1n) is 12.0. The molecule has 1 fully saturated rings. The second kappa shape index (κ2) is 12.1. The van der Waals surface area contributed by atoms with Crippen LogP contribution in [0.5, 0.6) is 0 Å². The Morgan fingerprint density at radius 2 is 1.53 bits per heavy atom. The van der Waals surface area contributed by atoms with E-state index in [1.54, 1.807) is 0 Å². The summed E-state index contributed by atoms with van der Waals surface area (Å²) in [7, 11) is 0. The van der Waals surface area contributed by atoms with Gasteiger partial charge in [-0.1, -0.05) is 131 Å². The molecule has 0 aliphatic heterocycles. The Morgan fingerprint density at radius 3 is 2.17 bits per heavy atom. The third-order valence-electron chi connectivity index (χ3n) is 7.06. The van der Waals surface area contributed by atoms with E-state index in [1.165, 1.54) is 63.4 Å². The molecule has 0 atom stereocenters. The SMILES string of the molecule is CCCCCCCCC1CCC(C2(SC(F)F)C=CC(c3ccccc3)C=C2)CC1. The molecule has 0 bridgehead atoms. The van der Waals surface area contributed by atoms with E-state index in [0.29, 0.717) is 5.92 Å². The predicted octanol–water partition coefficient (Wildman–Crippen LogP) is 9.15. The fourth-order valence-electron chi connectivity index (χ4n) is 5.24. The van der Waals surface area contributed by atoms with E-state index < -0.39 is 10.5 Å². The molecule has 166 valence electrons. The van der Waals surface area contributed by atoms with Gasteiger partial charge in [0.2, 0.25) is 0 Å². The van der Waals surface area contributed by atoms with Gasteiger partial charge < -0.3 is 0 Å². The molecular weight excluding hydrogens is 394 g/mol. The van der Waals surface area contributed by atoms with Crippen LogP contribution in [0.1, 0.15) is 89.0 Å². The van der Waals surface area contributed by atoms with Crippen LogP contribution in [-0.2, 0) is 0 Å². The molecule has 0 heterocycles. The topological polar surface area (TPSA) is 0 Å². The van der Waals surface area contributed by atoms with Gasteiger partial charge in [0.1, 0.15) is 0 Å². The molecule has 2 aliphatic rings. The lowest BCUT2D eigenvalue weighted by Crippen LogP contribution is -2.36. The fourth-order valence-corrected chi connectivity index (χ4v) is 6.29. The Morgan fingerprint density at radius 1 is 0.900 bits per heavy atom. The molecule has 1 saturated carbocycles. The van der Waals surface area contributed by atoms with Gasteiger partial charge in [0, 0.05) is 5.92 Å². The van der Waals surface area contributed by atoms with E-state index in [4.69, 9.17) is 0 Å². The summed E-state index contributed by atoms with van der Waals surface area (Å²) in [6.07, 6.45) is 22.5. The Balaban J connectivity index is 1.53. The Kier molecular flexibility index (Phi) is 9.49. The second-order valence-corrected chi connectivity index (χ2v) is 10.5. The number of unbranched alkanes of at least 4 members (excludes halogenated alkanes) is 5. The molecule has 2 aliphatic carbocycles. The number of benzene rings is 1. The van der Waals surface area contributed by atoms with E-state index in [9.17, 15) is 8.78 Å². The molecule has 0 radical (unpaired) electrons. The zero-order valence-corrected chi connectivity index (χ0v) is 19.3. The van der Waals surface area contributed by atoms with Gasteiger partial charge in [-0.2, -0.15) is 8.78 Å². The fraction of sp³-hybridized carbons (Fsp3) is 0.630. The van der Waals surface area contributed by atoms with Crippen LogP contribution in [-0.4, -0.2) is 10.5 Å². The third-order valence-corrected chi connectivity index (χ3v) is 8.25. The Bertz CT molecular complexity index is 645. The number of alkyl halides is 2. The normalized spacial score (nSPS) is 28.9. The van der Waals surface area contributed by atoms with E-state index in [-0.39, 0.29) is 5.92 Å². The average molecular weight is 433 g/mol. The van der Waals surface area contributed by atoms with Crippen LogP contribution in [0, 0.1) is 11.8 Å². The van der Waals surface area contributed by atoms with E-state index in [0.717, 1.165) is 30.5 Å². The van der Waals surface area contributed by atoms with Crippen molar-refractivity contribution in [3.8, 4) is 0 Å². The van der Waals surface area contributed by atoms with Crippen molar-refractivity contribution in [3.63, 3.8) is 0 Å². The molecule has 0 aromatic heterocycles. The highest BCUT2D eigenvalue weighted by atomic mass is 32.2. The van der Waals surface area contributed by atoms with Crippen molar-refractivity contribution in [2.75, 3.05) is 0 Å². The first kappa shape index (κ1) is 23.6. The molecule has 3 heteroatoms. The smallest absolute Gasteiger partial charge is 0.198 e. The van der Waals surface area contributed by atoms with Gasteiger partial charge in [0.25, 0.3) is 5.76 Å². The van der Waals surface area contributed by atoms with Gasteiger partial charge in [-0.25, -0.2) is 0 Å². The van der Waals surface area contributed by atoms with Gasteiger partial charge in [-0.05, 0) is 30.2 Å². The van der Waals surface area contributed by atoms with Crippen LogP contribution in [0.25, 0.3) is 0 Å². The first-order valence-corrected chi connectivity index (χ1v) is 12.9. The van der Waals surface area contributed by atoms with Gasteiger partial charge in [-0.3, -0.25) is 0 Å². The summed E-state index contributed by atoms with van der Waals surface area (Å²) in [5, 5.41) is 0. The number of rotatable bonds is 11. The number of thioether (sulfide) groups is 1. The predicted molar refractivity (Wildman–Crippen MR) is 127 cm³/mol. The summed E-state index contributed by atoms with van der Waals surface area (Å²) in [4.78, 5) is 0. The lowest BCUT2D eigenvalue weighted by Gasteiger charge is -2.41. The van der Waals surface area contributed by atoms with Crippen molar-refractivity contribution in [1.82, 2.24) is 0 Å². The van der Waals surface area contributed by atoms with Crippen molar-refractivity contribution in [2.24, 2.45) is 11.8 Å². The minimum atomic E-state index is -2.34. The minimum Gasteiger partial charge on any atom is -0.198 e. The highest BCUT2D eigenvalue weighted by molar-refractivity contribution is 8.01. The summed E-state index contributed by atoms with van der Waals surface area (Å²) in [6, 6.07) is 10.3. The third kappa shape index (κ3) is 6.70. The van der Waals surface area contributed by atoms with E-state index >= 15 is 0 Å². The molecule has 1 aromatic carbocycles. The maximum atomic E-state index is 13.5. The average Bonchev–Trinajstić information content (AvgIpc) is 2.77. The molecule has 0 amide bonds. The lowest BCUT2D eigenvalue weighted by molar-refractivity contribution is 0.231. The van der Waals surface area contributed by atoms with Crippen molar-refractivity contribution < 1.29 is 8.78 Å². The Hall–Kier alpha value is -1.09. The van der Waals surface area contributed by atoms with Crippen LogP contribution in [0.2, 0.25) is 0 Å². The summed E-state index contributed by atoms with van der Waals surface area (Å²) >= 11 is 0.850. The molecule has 0 nitrogen and oxygen atoms in total. The highest BCUT2D eigenvalue weighted by Gasteiger charge is 2.41.